The maximum Gasteiger partial charge on any atom is -0.0150 e. The van der Waals surface area contributed by atoms with Gasteiger partial charge in [-0.2, -0.15) is 0 Å². The van der Waals surface area contributed by atoms with E-state index >= 15 is 0 Å². The lowest BCUT2D eigenvalue weighted by Gasteiger charge is -2.90. The normalized spacial score (nSPS) is 78.6. The van der Waals surface area contributed by atoms with Crippen LogP contribution in [0.4, 0.5) is 0 Å². The Kier molecular flexibility index (Phi) is 1.10. The maximum atomic E-state index is 2.64. The fraction of sp³-hybridized carbons (Fsp3) is 1.00. The summed E-state index contributed by atoms with van der Waals surface area (Å²) in [6, 6.07) is 0. The first-order chi connectivity index (χ1) is 6.84. The van der Waals surface area contributed by atoms with Gasteiger partial charge >= 0.3 is 0 Å². The second kappa shape index (κ2) is 1.83. The summed E-state index contributed by atoms with van der Waals surface area (Å²) < 4.78 is 0. The summed E-state index contributed by atoms with van der Waals surface area (Å²) in [5, 5.41) is 0. The van der Waals surface area contributed by atoms with Gasteiger partial charge in [0.1, 0.15) is 0 Å². The molecule has 0 amide bonds. The minimum atomic E-state index is 0.687. The van der Waals surface area contributed by atoms with Crippen LogP contribution in [0, 0.1) is 39.4 Å². The van der Waals surface area contributed by atoms with Crippen LogP contribution in [0.25, 0.3) is 0 Å². The highest BCUT2D eigenvalue weighted by Gasteiger charge is 2.94. The molecule has 15 heavy (non-hydrogen) atoms. The molecule has 1 spiro atoms. The molecular weight excluding hydrogens is 180 g/mol. The van der Waals surface area contributed by atoms with Crippen LogP contribution in [0.5, 0.6) is 0 Å². The van der Waals surface area contributed by atoms with E-state index in [1.54, 1.807) is 12.8 Å². The largest absolute Gasteiger partial charge is 0.0619 e. The summed E-state index contributed by atoms with van der Waals surface area (Å²) in [6.45, 7) is 12.9. The highest BCUT2D eigenvalue weighted by Crippen LogP contribution is 2.99. The Morgan fingerprint density at radius 2 is 1.67 bits per heavy atom. The number of hydrogen-bond acceptors (Lipinski definition) is 0. The van der Waals surface area contributed by atoms with Crippen molar-refractivity contribution < 1.29 is 0 Å². The zero-order chi connectivity index (χ0) is 10.9. The molecule has 2 bridgehead atoms. The summed E-state index contributed by atoms with van der Waals surface area (Å²) in [7, 11) is 0. The Bertz CT molecular complexity index is 360. The Hall–Kier alpha value is 0. The van der Waals surface area contributed by atoms with Crippen molar-refractivity contribution in [3.63, 3.8) is 0 Å². The summed E-state index contributed by atoms with van der Waals surface area (Å²) >= 11 is 0. The standard InChI is InChI=1S/C15H24/c1-9-6-11-13(9,4)14(5)12(3)8-15(11,14)7-10(12)2/h9-11H,6-8H2,1-5H3. The molecule has 0 nitrogen and oxygen atoms in total. The van der Waals surface area contributed by atoms with Crippen molar-refractivity contribution in [3.05, 3.63) is 0 Å². The monoisotopic (exact) mass is 204 g/mol. The van der Waals surface area contributed by atoms with E-state index in [1.165, 1.54) is 6.42 Å². The third kappa shape index (κ3) is 0.463. The van der Waals surface area contributed by atoms with Crippen LogP contribution >= 0.6 is 0 Å². The quantitative estimate of drug-likeness (QED) is 0.557. The third-order valence-electron chi connectivity index (χ3n) is 8.66. The molecule has 0 heterocycles. The molecule has 0 N–H and O–H groups in total. The fourth-order valence-corrected chi connectivity index (χ4v) is 7.54. The van der Waals surface area contributed by atoms with Crippen LogP contribution in [-0.4, -0.2) is 0 Å². The van der Waals surface area contributed by atoms with E-state index in [4.69, 9.17) is 0 Å². The first kappa shape index (κ1) is 9.07. The second-order valence-corrected chi connectivity index (χ2v) is 7.95. The first-order valence-corrected chi connectivity index (χ1v) is 6.84. The molecule has 5 aliphatic rings. The van der Waals surface area contributed by atoms with Crippen LogP contribution in [0.15, 0.2) is 0 Å². The Morgan fingerprint density at radius 3 is 2.20 bits per heavy atom. The van der Waals surface area contributed by atoms with Crippen LogP contribution in [0.1, 0.15) is 53.9 Å². The van der Waals surface area contributed by atoms with Gasteiger partial charge in [0.15, 0.2) is 0 Å². The topological polar surface area (TPSA) is 0 Å². The summed E-state index contributed by atoms with van der Waals surface area (Å²) in [6.07, 6.45) is 4.65. The van der Waals surface area contributed by atoms with Crippen LogP contribution in [-0.2, 0) is 0 Å². The Labute approximate surface area is 93.8 Å². The van der Waals surface area contributed by atoms with Gasteiger partial charge in [0.05, 0.1) is 0 Å². The molecule has 5 aliphatic carbocycles. The third-order valence-corrected chi connectivity index (χ3v) is 8.66. The number of hydrogen-bond donors (Lipinski definition) is 0. The van der Waals surface area contributed by atoms with Crippen molar-refractivity contribution in [3.8, 4) is 0 Å². The van der Waals surface area contributed by atoms with Gasteiger partial charge in [-0.1, -0.05) is 34.6 Å². The SMILES string of the molecule is CC1CC23CC1(C)C2(C)C1(C)C(C)CC31. The zero-order valence-corrected chi connectivity index (χ0v) is 10.9. The summed E-state index contributed by atoms with van der Waals surface area (Å²) in [5.41, 5.74) is 2.91. The highest BCUT2D eigenvalue weighted by atomic mass is 15.0. The van der Waals surface area contributed by atoms with E-state index in [-0.39, 0.29) is 0 Å². The van der Waals surface area contributed by atoms with Gasteiger partial charge in [0.2, 0.25) is 0 Å². The Balaban J connectivity index is 1.89. The van der Waals surface area contributed by atoms with Gasteiger partial charge in [0.25, 0.3) is 0 Å². The zero-order valence-electron chi connectivity index (χ0n) is 10.9. The van der Waals surface area contributed by atoms with Crippen molar-refractivity contribution in [2.24, 2.45) is 39.4 Å². The van der Waals surface area contributed by atoms with Crippen molar-refractivity contribution in [1.29, 1.82) is 0 Å². The van der Waals surface area contributed by atoms with Crippen LogP contribution < -0.4 is 0 Å². The van der Waals surface area contributed by atoms with Crippen molar-refractivity contribution >= 4 is 0 Å². The highest BCUT2D eigenvalue weighted by molar-refractivity contribution is 5.41. The molecule has 5 rings (SSSR count). The van der Waals surface area contributed by atoms with Gasteiger partial charge in [-0.05, 0) is 58.7 Å². The Morgan fingerprint density at radius 1 is 1.00 bits per heavy atom. The maximum absolute atomic E-state index is 2.64. The van der Waals surface area contributed by atoms with E-state index in [2.05, 4.69) is 34.6 Å². The van der Waals surface area contributed by atoms with E-state index < -0.39 is 0 Å². The van der Waals surface area contributed by atoms with E-state index in [1.807, 2.05) is 0 Å². The van der Waals surface area contributed by atoms with Gasteiger partial charge in [-0.25, -0.2) is 0 Å². The van der Waals surface area contributed by atoms with Crippen molar-refractivity contribution in [1.82, 2.24) is 0 Å². The first-order valence-electron chi connectivity index (χ1n) is 6.84. The van der Waals surface area contributed by atoms with Crippen LogP contribution in [0.2, 0.25) is 0 Å². The molecule has 0 aromatic carbocycles. The minimum absolute atomic E-state index is 0.687. The lowest BCUT2D eigenvalue weighted by molar-refractivity contribution is -0.428. The van der Waals surface area contributed by atoms with Gasteiger partial charge in [-0.15, -0.1) is 0 Å². The molecular formula is C15H24. The lowest BCUT2D eigenvalue weighted by Crippen LogP contribution is -2.85. The molecule has 0 aromatic rings. The molecule has 0 heteroatoms. The van der Waals surface area contributed by atoms with Crippen molar-refractivity contribution in [2.45, 2.75) is 53.9 Å². The molecule has 5 fully saturated rings. The molecule has 7 unspecified atom stereocenters. The molecule has 0 saturated heterocycles. The van der Waals surface area contributed by atoms with E-state index in [9.17, 15) is 0 Å². The smallest absolute Gasteiger partial charge is 0.0150 e. The van der Waals surface area contributed by atoms with E-state index in [0.29, 0.717) is 16.2 Å². The molecule has 5 saturated carbocycles. The average molecular weight is 204 g/mol. The van der Waals surface area contributed by atoms with Gasteiger partial charge in [-0.3, -0.25) is 0 Å². The van der Waals surface area contributed by atoms with Crippen molar-refractivity contribution in [2.75, 3.05) is 0 Å². The molecule has 7 atom stereocenters. The fourth-order valence-electron chi connectivity index (χ4n) is 7.54. The number of fused-ring (bicyclic) bond motifs is 2. The average Bonchev–Trinajstić information content (AvgIpc) is 2.55. The molecule has 0 radical (unpaired) electrons. The molecule has 84 valence electrons. The minimum Gasteiger partial charge on any atom is -0.0619 e. The second-order valence-electron chi connectivity index (χ2n) is 7.95. The molecule has 0 aliphatic heterocycles. The lowest BCUT2D eigenvalue weighted by atomic mass is 9.14. The molecule has 0 aromatic heterocycles. The van der Waals surface area contributed by atoms with E-state index in [0.717, 1.165) is 23.2 Å². The van der Waals surface area contributed by atoms with Gasteiger partial charge in [0, 0.05) is 0 Å². The summed E-state index contributed by atoms with van der Waals surface area (Å²) in [5.74, 6) is 3.07. The van der Waals surface area contributed by atoms with Gasteiger partial charge < -0.3 is 0 Å². The summed E-state index contributed by atoms with van der Waals surface area (Å²) in [4.78, 5) is 0. The number of rotatable bonds is 0. The predicted molar refractivity (Wildman–Crippen MR) is 62.4 cm³/mol. The predicted octanol–water partition coefficient (Wildman–Crippen LogP) is 4.10. The van der Waals surface area contributed by atoms with Crippen LogP contribution in [0.3, 0.4) is 0 Å².